The molecule has 6 nitrogen and oxygen atoms in total. The van der Waals surface area contributed by atoms with Gasteiger partial charge >= 0.3 is 0 Å². The molecule has 0 spiro atoms. The van der Waals surface area contributed by atoms with Gasteiger partial charge in [0.25, 0.3) is 5.69 Å². The van der Waals surface area contributed by atoms with Crippen LogP contribution < -0.4 is 16.0 Å². The minimum Gasteiger partial charge on any atom is -0.383 e. The van der Waals surface area contributed by atoms with Crippen LogP contribution in [0.2, 0.25) is 5.02 Å². The van der Waals surface area contributed by atoms with E-state index in [1.807, 2.05) is 26.0 Å². The molecule has 0 radical (unpaired) electrons. The number of hydrogen-bond acceptors (Lipinski definition) is 4. The number of nitrogens with one attached hydrogen (secondary N) is 3. The molecule has 0 heterocycles. The molecule has 0 amide bonds. The largest absolute Gasteiger partial charge is 0.383 e. The first-order valence-electron chi connectivity index (χ1n) is 7.67. The lowest BCUT2D eigenvalue weighted by atomic mass is 10.1. The highest BCUT2D eigenvalue weighted by molar-refractivity contribution is 7.80. The zero-order valence-electron chi connectivity index (χ0n) is 13.9. The number of rotatable bonds is 6. The standard InChI is InChI=1S/C17H19ClN4O2S/c1-11-9-12(2)16(15(18)10-11)21-17(25)20-8-7-19-13-3-5-14(6-4-13)22(23)24/h3-6,9-10,19H,7-8H2,1-2H3,(H2,20,21,25). The summed E-state index contributed by atoms with van der Waals surface area (Å²) >= 11 is 11.5. The number of anilines is 2. The SMILES string of the molecule is Cc1cc(C)c(NC(=S)NCCNc2ccc([N+](=O)[O-])cc2)c(Cl)c1. The molecule has 2 aromatic rings. The highest BCUT2D eigenvalue weighted by Gasteiger charge is 2.07. The predicted molar refractivity (Wildman–Crippen MR) is 107 cm³/mol. The van der Waals surface area contributed by atoms with Crippen molar-refractivity contribution in [1.29, 1.82) is 0 Å². The Labute approximate surface area is 156 Å². The predicted octanol–water partition coefficient (Wildman–Crippen LogP) is 4.26. The summed E-state index contributed by atoms with van der Waals surface area (Å²) in [5.41, 5.74) is 3.80. The summed E-state index contributed by atoms with van der Waals surface area (Å²) in [6.07, 6.45) is 0. The van der Waals surface area contributed by atoms with Crippen LogP contribution in [0.15, 0.2) is 36.4 Å². The molecule has 0 saturated heterocycles. The number of aryl methyl sites for hydroxylation is 2. The van der Waals surface area contributed by atoms with Crippen LogP contribution in [0.25, 0.3) is 0 Å². The third-order valence-electron chi connectivity index (χ3n) is 3.49. The number of nitro groups is 1. The van der Waals surface area contributed by atoms with E-state index in [1.54, 1.807) is 12.1 Å². The van der Waals surface area contributed by atoms with Gasteiger partial charge in [-0.25, -0.2) is 0 Å². The van der Waals surface area contributed by atoms with Crippen LogP contribution in [0, 0.1) is 24.0 Å². The van der Waals surface area contributed by atoms with Crippen molar-refractivity contribution in [3.05, 3.63) is 62.7 Å². The van der Waals surface area contributed by atoms with Gasteiger partial charge in [-0.1, -0.05) is 17.7 Å². The minimum absolute atomic E-state index is 0.0689. The molecule has 25 heavy (non-hydrogen) atoms. The third kappa shape index (κ3) is 5.58. The molecule has 0 bridgehead atoms. The summed E-state index contributed by atoms with van der Waals surface area (Å²) in [6, 6.07) is 10.2. The second-order valence-corrected chi connectivity index (χ2v) is 6.37. The highest BCUT2D eigenvalue weighted by Crippen LogP contribution is 2.27. The summed E-state index contributed by atoms with van der Waals surface area (Å²) in [4.78, 5) is 10.2. The van der Waals surface area contributed by atoms with Gasteiger partial charge in [0.2, 0.25) is 0 Å². The van der Waals surface area contributed by atoms with E-state index in [0.29, 0.717) is 23.2 Å². The molecule has 0 unspecified atom stereocenters. The van der Waals surface area contributed by atoms with Crippen molar-refractivity contribution < 1.29 is 4.92 Å². The smallest absolute Gasteiger partial charge is 0.269 e. The van der Waals surface area contributed by atoms with Gasteiger partial charge < -0.3 is 16.0 Å². The Balaban J connectivity index is 1.78. The van der Waals surface area contributed by atoms with Crippen molar-refractivity contribution in [2.45, 2.75) is 13.8 Å². The first kappa shape index (κ1) is 19.0. The molecule has 8 heteroatoms. The summed E-state index contributed by atoms with van der Waals surface area (Å²) in [7, 11) is 0. The quantitative estimate of drug-likeness (QED) is 0.301. The maximum absolute atomic E-state index is 10.6. The van der Waals surface area contributed by atoms with E-state index in [4.69, 9.17) is 23.8 Å². The van der Waals surface area contributed by atoms with E-state index in [9.17, 15) is 10.1 Å². The topological polar surface area (TPSA) is 79.2 Å². The number of hydrogen-bond donors (Lipinski definition) is 3. The number of nitrogens with zero attached hydrogens (tertiary/aromatic N) is 1. The highest BCUT2D eigenvalue weighted by atomic mass is 35.5. The molecule has 2 aromatic carbocycles. The van der Waals surface area contributed by atoms with E-state index in [0.717, 1.165) is 22.5 Å². The molecular weight excluding hydrogens is 360 g/mol. The van der Waals surface area contributed by atoms with Gasteiger partial charge in [0.1, 0.15) is 0 Å². The number of benzene rings is 2. The van der Waals surface area contributed by atoms with Crippen LogP contribution in [0.3, 0.4) is 0 Å². The van der Waals surface area contributed by atoms with Gasteiger partial charge in [-0.05, 0) is 55.4 Å². The van der Waals surface area contributed by atoms with Gasteiger partial charge in [0, 0.05) is 30.9 Å². The van der Waals surface area contributed by atoms with Gasteiger partial charge in [-0.3, -0.25) is 10.1 Å². The van der Waals surface area contributed by atoms with Crippen molar-refractivity contribution in [3.8, 4) is 0 Å². The first-order chi connectivity index (χ1) is 11.9. The van der Waals surface area contributed by atoms with Crippen molar-refractivity contribution in [2.75, 3.05) is 23.7 Å². The van der Waals surface area contributed by atoms with Crippen LogP contribution in [0.4, 0.5) is 17.1 Å². The third-order valence-corrected chi connectivity index (χ3v) is 4.03. The summed E-state index contributed by atoms with van der Waals surface area (Å²) in [5, 5.41) is 21.1. The van der Waals surface area contributed by atoms with E-state index < -0.39 is 4.92 Å². The summed E-state index contributed by atoms with van der Waals surface area (Å²) in [6.45, 7) is 5.16. The number of non-ortho nitro benzene ring substituents is 1. The fraction of sp³-hybridized carbons (Fsp3) is 0.235. The Kier molecular flexibility index (Phi) is 6.55. The molecule has 0 atom stereocenters. The number of thiocarbonyl (C=S) groups is 1. The number of nitro benzene ring substituents is 1. The molecule has 0 aliphatic heterocycles. The van der Waals surface area contributed by atoms with Crippen LogP contribution in [0.5, 0.6) is 0 Å². The fourth-order valence-corrected chi connectivity index (χ4v) is 2.89. The zero-order chi connectivity index (χ0) is 18.4. The van der Waals surface area contributed by atoms with Crippen molar-refractivity contribution in [1.82, 2.24) is 5.32 Å². The number of halogens is 1. The molecular formula is C17H19ClN4O2S. The van der Waals surface area contributed by atoms with Gasteiger partial charge in [0.15, 0.2) is 5.11 Å². The Morgan fingerprint density at radius 2 is 1.88 bits per heavy atom. The average molecular weight is 379 g/mol. The van der Waals surface area contributed by atoms with E-state index >= 15 is 0 Å². The molecule has 0 aliphatic rings. The summed E-state index contributed by atoms with van der Waals surface area (Å²) < 4.78 is 0. The van der Waals surface area contributed by atoms with E-state index in [1.165, 1.54) is 12.1 Å². The molecule has 2 rings (SSSR count). The van der Waals surface area contributed by atoms with Crippen molar-refractivity contribution in [2.24, 2.45) is 0 Å². The fourth-order valence-electron chi connectivity index (χ4n) is 2.32. The Hall–Kier alpha value is -2.38. The van der Waals surface area contributed by atoms with Crippen LogP contribution in [0.1, 0.15) is 11.1 Å². The van der Waals surface area contributed by atoms with Crippen LogP contribution >= 0.6 is 23.8 Å². The van der Waals surface area contributed by atoms with Gasteiger partial charge in [-0.2, -0.15) is 0 Å². The van der Waals surface area contributed by atoms with Gasteiger partial charge in [0.05, 0.1) is 15.6 Å². The second-order valence-electron chi connectivity index (χ2n) is 5.55. The molecule has 0 aliphatic carbocycles. The first-order valence-corrected chi connectivity index (χ1v) is 8.45. The lowest BCUT2D eigenvalue weighted by molar-refractivity contribution is -0.384. The van der Waals surface area contributed by atoms with Crippen molar-refractivity contribution in [3.63, 3.8) is 0 Å². The van der Waals surface area contributed by atoms with E-state index in [-0.39, 0.29) is 5.69 Å². The Morgan fingerprint density at radius 1 is 1.20 bits per heavy atom. The normalized spacial score (nSPS) is 10.2. The van der Waals surface area contributed by atoms with Gasteiger partial charge in [-0.15, -0.1) is 0 Å². The molecule has 0 aromatic heterocycles. The molecule has 0 fully saturated rings. The molecule has 132 valence electrons. The molecule has 0 saturated carbocycles. The maximum Gasteiger partial charge on any atom is 0.269 e. The van der Waals surface area contributed by atoms with E-state index in [2.05, 4.69) is 16.0 Å². The lowest BCUT2D eigenvalue weighted by Crippen LogP contribution is -2.32. The zero-order valence-corrected chi connectivity index (χ0v) is 15.5. The lowest BCUT2D eigenvalue weighted by Gasteiger charge is -2.15. The Bertz CT molecular complexity index is 758. The van der Waals surface area contributed by atoms with Crippen LogP contribution in [-0.4, -0.2) is 23.1 Å². The minimum atomic E-state index is -0.423. The summed E-state index contributed by atoms with van der Waals surface area (Å²) in [5.74, 6) is 0. The average Bonchev–Trinajstić information content (AvgIpc) is 2.55. The van der Waals surface area contributed by atoms with Crippen LogP contribution in [-0.2, 0) is 0 Å². The Morgan fingerprint density at radius 3 is 2.48 bits per heavy atom. The second kappa shape index (κ2) is 8.64. The monoisotopic (exact) mass is 378 g/mol. The molecule has 3 N–H and O–H groups in total. The van der Waals surface area contributed by atoms with Crippen molar-refractivity contribution >= 4 is 46.0 Å². The maximum atomic E-state index is 10.6.